The Morgan fingerprint density at radius 3 is 2.42 bits per heavy atom. The van der Waals surface area contributed by atoms with Gasteiger partial charge in [0.15, 0.2) is 0 Å². The van der Waals surface area contributed by atoms with Gasteiger partial charge in [-0.05, 0) is 36.3 Å². The molecule has 1 nitrogen and oxygen atoms in total. The molecule has 0 spiro atoms. The monoisotopic (exact) mass is 256 g/mol. The Bertz CT molecular complexity index is 530. The summed E-state index contributed by atoms with van der Waals surface area (Å²) in [4.78, 5) is 0. The van der Waals surface area contributed by atoms with Crippen LogP contribution in [0.3, 0.4) is 0 Å². The first kappa shape index (κ1) is 13.9. The van der Waals surface area contributed by atoms with Crippen molar-refractivity contribution in [1.82, 2.24) is 0 Å². The summed E-state index contributed by atoms with van der Waals surface area (Å²) in [5.41, 5.74) is 1.31. The Kier molecular flexibility index (Phi) is 4.84. The molecule has 0 N–H and O–H groups in total. The van der Waals surface area contributed by atoms with E-state index in [2.05, 4.69) is 57.2 Å². The third-order valence-electron chi connectivity index (χ3n) is 3.85. The summed E-state index contributed by atoms with van der Waals surface area (Å²) in [6, 6.07) is 12.7. The van der Waals surface area contributed by atoms with Gasteiger partial charge < -0.3 is 4.74 Å². The Hall–Kier alpha value is -1.50. The average Bonchev–Trinajstić information content (AvgIpc) is 2.45. The highest BCUT2D eigenvalue weighted by Crippen LogP contribution is 2.28. The lowest BCUT2D eigenvalue weighted by Crippen LogP contribution is -2.11. The minimum absolute atomic E-state index is 0.671. The van der Waals surface area contributed by atoms with Crippen LogP contribution in [0.4, 0.5) is 0 Å². The predicted octanol–water partition coefficient (Wildman–Crippen LogP) is 5.35. The van der Waals surface area contributed by atoms with Crippen LogP contribution < -0.4 is 4.74 Å². The van der Waals surface area contributed by atoms with Gasteiger partial charge in [-0.3, -0.25) is 0 Å². The molecule has 0 saturated heterocycles. The molecule has 0 heterocycles. The van der Waals surface area contributed by atoms with Crippen molar-refractivity contribution in [2.24, 2.45) is 5.92 Å². The molecule has 0 bridgehead atoms. The molecule has 1 heteroatoms. The molecule has 2 rings (SSSR count). The maximum atomic E-state index is 6.08. The van der Waals surface area contributed by atoms with Gasteiger partial charge in [0.2, 0.25) is 0 Å². The van der Waals surface area contributed by atoms with E-state index in [9.17, 15) is 0 Å². The Balaban J connectivity index is 2.19. The molecule has 0 aliphatic rings. The molecule has 102 valence electrons. The summed E-state index contributed by atoms with van der Waals surface area (Å²) in [6.45, 7) is 7.47. The lowest BCUT2D eigenvalue weighted by molar-refractivity contribution is 0.237. The van der Waals surface area contributed by atoms with Gasteiger partial charge in [0.05, 0.1) is 6.61 Å². The number of rotatable bonds is 6. The normalized spacial score (nSPS) is 12.6. The van der Waals surface area contributed by atoms with E-state index in [-0.39, 0.29) is 0 Å². The van der Waals surface area contributed by atoms with Crippen molar-refractivity contribution in [3.05, 3.63) is 42.0 Å². The molecule has 2 aromatic carbocycles. The maximum absolute atomic E-state index is 6.08. The molecule has 0 aromatic heterocycles. The van der Waals surface area contributed by atoms with Crippen molar-refractivity contribution < 1.29 is 4.74 Å². The van der Waals surface area contributed by atoms with Crippen molar-refractivity contribution in [2.75, 3.05) is 6.61 Å². The van der Waals surface area contributed by atoms with E-state index in [0.29, 0.717) is 5.92 Å². The molecular formula is C18H24O. The highest BCUT2D eigenvalue weighted by atomic mass is 16.5. The van der Waals surface area contributed by atoms with Gasteiger partial charge in [-0.25, -0.2) is 0 Å². The van der Waals surface area contributed by atoms with Gasteiger partial charge in [-0.1, -0.05) is 57.0 Å². The Morgan fingerprint density at radius 2 is 1.74 bits per heavy atom. The second-order valence-electron chi connectivity index (χ2n) is 5.30. The third kappa shape index (κ3) is 3.28. The fourth-order valence-electron chi connectivity index (χ4n) is 2.57. The molecule has 0 radical (unpaired) electrons. The first-order chi connectivity index (χ1) is 9.26. The van der Waals surface area contributed by atoms with Crippen LogP contribution in [-0.2, 0) is 0 Å². The molecule has 0 saturated carbocycles. The number of benzene rings is 2. The predicted molar refractivity (Wildman–Crippen MR) is 82.9 cm³/mol. The number of ether oxygens (including phenoxy) is 1. The van der Waals surface area contributed by atoms with Crippen molar-refractivity contribution >= 4 is 10.8 Å². The lowest BCUT2D eigenvalue weighted by Gasteiger charge is -2.16. The maximum Gasteiger partial charge on any atom is 0.127 e. The van der Waals surface area contributed by atoms with E-state index >= 15 is 0 Å². The van der Waals surface area contributed by atoms with Crippen molar-refractivity contribution in [1.29, 1.82) is 0 Å². The summed E-state index contributed by atoms with van der Waals surface area (Å²) in [5.74, 6) is 1.70. The number of aryl methyl sites for hydroxylation is 1. The molecule has 1 unspecified atom stereocenters. The second kappa shape index (κ2) is 6.60. The molecule has 0 amide bonds. The topological polar surface area (TPSA) is 9.23 Å². The van der Waals surface area contributed by atoms with E-state index in [1.165, 1.54) is 35.6 Å². The van der Waals surface area contributed by atoms with Crippen LogP contribution in [0.2, 0.25) is 0 Å². The molecule has 0 fully saturated rings. The van der Waals surface area contributed by atoms with Gasteiger partial charge in [0.1, 0.15) is 5.75 Å². The first-order valence-electron chi connectivity index (χ1n) is 7.37. The van der Waals surface area contributed by atoms with Crippen molar-refractivity contribution in [3.8, 4) is 5.75 Å². The number of hydrogen-bond acceptors (Lipinski definition) is 1. The van der Waals surface area contributed by atoms with Crippen LogP contribution in [0.25, 0.3) is 10.8 Å². The standard InChI is InChI=1S/C18H24O/c1-4-8-15(5-2)13-19-18-12-11-14(3)16-9-6-7-10-17(16)18/h6-7,9-12,15H,4-5,8,13H2,1-3H3. The number of fused-ring (bicyclic) bond motifs is 1. The summed E-state index contributed by atoms with van der Waals surface area (Å²) < 4.78 is 6.08. The van der Waals surface area contributed by atoms with Gasteiger partial charge in [0.25, 0.3) is 0 Å². The highest BCUT2D eigenvalue weighted by Gasteiger charge is 2.08. The van der Waals surface area contributed by atoms with Crippen LogP contribution in [0.1, 0.15) is 38.7 Å². The summed E-state index contributed by atoms with van der Waals surface area (Å²) in [6.07, 6.45) is 3.68. The van der Waals surface area contributed by atoms with Crippen LogP contribution in [0.5, 0.6) is 5.75 Å². The van der Waals surface area contributed by atoms with Crippen LogP contribution >= 0.6 is 0 Å². The van der Waals surface area contributed by atoms with Crippen LogP contribution in [-0.4, -0.2) is 6.61 Å². The molecule has 19 heavy (non-hydrogen) atoms. The van der Waals surface area contributed by atoms with Crippen LogP contribution in [0.15, 0.2) is 36.4 Å². The molecule has 2 aromatic rings. The SMILES string of the molecule is CCCC(CC)COc1ccc(C)c2ccccc12. The molecular weight excluding hydrogens is 232 g/mol. The van der Waals surface area contributed by atoms with Crippen molar-refractivity contribution in [2.45, 2.75) is 40.0 Å². The fraction of sp³-hybridized carbons (Fsp3) is 0.444. The zero-order chi connectivity index (χ0) is 13.7. The quantitative estimate of drug-likeness (QED) is 0.676. The Labute approximate surface area is 116 Å². The Morgan fingerprint density at radius 1 is 1.00 bits per heavy atom. The van der Waals surface area contributed by atoms with E-state index in [1.54, 1.807) is 0 Å². The third-order valence-corrected chi connectivity index (χ3v) is 3.85. The van der Waals surface area contributed by atoms with E-state index in [0.717, 1.165) is 12.4 Å². The largest absolute Gasteiger partial charge is 0.493 e. The van der Waals surface area contributed by atoms with Gasteiger partial charge in [-0.2, -0.15) is 0 Å². The van der Waals surface area contributed by atoms with Gasteiger partial charge in [-0.15, -0.1) is 0 Å². The van der Waals surface area contributed by atoms with Crippen LogP contribution in [0, 0.1) is 12.8 Å². The smallest absolute Gasteiger partial charge is 0.127 e. The van der Waals surface area contributed by atoms with Gasteiger partial charge >= 0.3 is 0 Å². The van der Waals surface area contributed by atoms with E-state index < -0.39 is 0 Å². The summed E-state index contributed by atoms with van der Waals surface area (Å²) in [5, 5.41) is 2.53. The molecule has 1 atom stereocenters. The fourth-order valence-corrected chi connectivity index (χ4v) is 2.57. The van der Waals surface area contributed by atoms with E-state index in [4.69, 9.17) is 4.74 Å². The number of hydrogen-bond donors (Lipinski definition) is 0. The van der Waals surface area contributed by atoms with E-state index in [1.807, 2.05) is 0 Å². The zero-order valence-corrected chi connectivity index (χ0v) is 12.3. The highest BCUT2D eigenvalue weighted by molar-refractivity contribution is 5.90. The summed E-state index contributed by atoms with van der Waals surface area (Å²) >= 11 is 0. The minimum Gasteiger partial charge on any atom is -0.493 e. The molecule has 0 aliphatic carbocycles. The second-order valence-corrected chi connectivity index (χ2v) is 5.30. The first-order valence-corrected chi connectivity index (χ1v) is 7.37. The summed E-state index contributed by atoms with van der Waals surface area (Å²) in [7, 11) is 0. The lowest BCUT2D eigenvalue weighted by atomic mass is 10.0. The molecule has 0 aliphatic heterocycles. The van der Waals surface area contributed by atoms with Gasteiger partial charge in [0, 0.05) is 5.39 Å². The van der Waals surface area contributed by atoms with Crippen molar-refractivity contribution in [3.63, 3.8) is 0 Å². The minimum atomic E-state index is 0.671. The zero-order valence-electron chi connectivity index (χ0n) is 12.3. The average molecular weight is 256 g/mol.